The number of alkyl halides is 2. The molecule has 1 N–H and O–H groups in total. The van der Waals surface area contributed by atoms with Gasteiger partial charge in [-0.25, -0.2) is 9.97 Å². The van der Waals surface area contributed by atoms with Gasteiger partial charge in [0.1, 0.15) is 11.5 Å². The fraction of sp³-hybridized carbons (Fsp3) is 0.200. The summed E-state index contributed by atoms with van der Waals surface area (Å²) in [6.07, 6.45) is 0.655. The second-order valence-electron chi connectivity index (χ2n) is 5.68. The third kappa shape index (κ3) is 4.29. The summed E-state index contributed by atoms with van der Waals surface area (Å²) in [5.41, 5.74) is 1.61. The molecule has 1 aliphatic rings. The summed E-state index contributed by atoms with van der Waals surface area (Å²) in [6.45, 7) is 5.67. The lowest BCUT2D eigenvalue weighted by molar-refractivity contribution is -0.286. The Labute approximate surface area is 165 Å². The zero-order valence-corrected chi connectivity index (χ0v) is 15.9. The topological polar surface area (TPSA) is 86.2 Å². The van der Waals surface area contributed by atoms with Crippen molar-refractivity contribution in [3.05, 3.63) is 60.3 Å². The summed E-state index contributed by atoms with van der Waals surface area (Å²) >= 11 is 0. The number of aryl methyl sites for hydroxylation is 1. The molecule has 3 heterocycles. The molecule has 0 unspecified atom stereocenters. The van der Waals surface area contributed by atoms with Crippen LogP contribution in [0.15, 0.2) is 48.9 Å². The number of carbonyl (C=O) groups is 1. The van der Waals surface area contributed by atoms with E-state index in [0.717, 1.165) is 0 Å². The van der Waals surface area contributed by atoms with E-state index in [1.807, 2.05) is 13.8 Å². The third-order valence-corrected chi connectivity index (χ3v) is 3.84. The van der Waals surface area contributed by atoms with Gasteiger partial charge in [0.15, 0.2) is 11.5 Å². The van der Waals surface area contributed by atoms with E-state index in [0.29, 0.717) is 16.8 Å². The molecule has 0 fully saturated rings. The van der Waals surface area contributed by atoms with E-state index in [2.05, 4.69) is 29.7 Å². The third-order valence-electron chi connectivity index (χ3n) is 3.84. The van der Waals surface area contributed by atoms with Crippen molar-refractivity contribution in [1.29, 1.82) is 0 Å². The zero-order chi connectivity index (χ0) is 21.0. The van der Waals surface area contributed by atoms with E-state index in [1.165, 1.54) is 24.7 Å². The maximum atomic E-state index is 13.3. The van der Waals surface area contributed by atoms with Gasteiger partial charge >= 0.3 is 6.29 Å². The van der Waals surface area contributed by atoms with Crippen molar-refractivity contribution >= 4 is 11.7 Å². The molecular weight excluding hydrogens is 382 g/mol. The largest absolute Gasteiger partial charge is 0.586 e. The number of ether oxygens (including phenoxy) is 2. The number of para-hydroxylation sites is 1. The van der Waals surface area contributed by atoms with Crippen LogP contribution in [0.1, 0.15) is 30.0 Å². The molecule has 7 nitrogen and oxygen atoms in total. The van der Waals surface area contributed by atoms with Crippen LogP contribution < -0.4 is 14.8 Å². The van der Waals surface area contributed by atoms with Crippen LogP contribution in [-0.4, -0.2) is 27.2 Å². The number of hydrogen-bond donors (Lipinski definition) is 1. The Morgan fingerprint density at radius 1 is 1.03 bits per heavy atom. The quantitative estimate of drug-likeness (QED) is 0.699. The molecule has 1 aromatic carbocycles. The van der Waals surface area contributed by atoms with Crippen LogP contribution in [0.2, 0.25) is 0 Å². The fourth-order valence-electron chi connectivity index (χ4n) is 2.63. The van der Waals surface area contributed by atoms with Crippen molar-refractivity contribution < 1.29 is 23.0 Å². The van der Waals surface area contributed by atoms with Crippen molar-refractivity contribution in [2.24, 2.45) is 0 Å². The molecule has 29 heavy (non-hydrogen) atoms. The maximum Gasteiger partial charge on any atom is 0.586 e. The molecule has 0 spiro atoms. The van der Waals surface area contributed by atoms with Gasteiger partial charge in [-0.2, -0.15) is 0 Å². The van der Waals surface area contributed by atoms with Crippen molar-refractivity contribution in [2.45, 2.75) is 27.1 Å². The molecular formula is C20H18F2N4O3. The second kappa shape index (κ2) is 8.17. The molecule has 4 rings (SSSR count). The average Bonchev–Trinajstić information content (AvgIpc) is 3.04. The van der Waals surface area contributed by atoms with E-state index in [1.54, 1.807) is 31.2 Å². The highest BCUT2D eigenvalue weighted by atomic mass is 19.3. The highest BCUT2D eigenvalue weighted by Crippen LogP contribution is 2.46. The molecule has 0 bridgehead atoms. The summed E-state index contributed by atoms with van der Waals surface area (Å²) in [5, 5.41) is 2.61. The Morgan fingerprint density at radius 3 is 2.48 bits per heavy atom. The van der Waals surface area contributed by atoms with Gasteiger partial charge in [-0.05, 0) is 25.1 Å². The minimum atomic E-state index is -3.70. The van der Waals surface area contributed by atoms with Crippen molar-refractivity contribution in [3.63, 3.8) is 0 Å². The first-order valence-corrected chi connectivity index (χ1v) is 8.87. The van der Waals surface area contributed by atoms with Gasteiger partial charge in [0.05, 0.1) is 5.69 Å². The molecule has 0 radical (unpaired) electrons. The number of fused-ring (bicyclic) bond motifs is 1. The predicted octanol–water partition coefficient (Wildman–Crippen LogP) is 4.45. The molecule has 0 atom stereocenters. The van der Waals surface area contributed by atoms with Crippen molar-refractivity contribution in [3.8, 4) is 22.6 Å². The summed E-state index contributed by atoms with van der Waals surface area (Å²) in [6, 6.07) is 7.76. The Hall–Kier alpha value is -3.62. The van der Waals surface area contributed by atoms with Crippen LogP contribution >= 0.6 is 0 Å². The lowest BCUT2D eigenvalue weighted by Gasteiger charge is -2.08. The van der Waals surface area contributed by atoms with Crippen molar-refractivity contribution in [2.75, 3.05) is 5.32 Å². The van der Waals surface area contributed by atoms with Crippen LogP contribution in [0.5, 0.6) is 11.5 Å². The first kappa shape index (κ1) is 20.1. The first-order chi connectivity index (χ1) is 13.9. The smallest absolute Gasteiger partial charge is 0.395 e. The van der Waals surface area contributed by atoms with Crippen molar-refractivity contribution in [1.82, 2.24) is 15.0 Å². The van der Waals surface area contributed by atoms with Crippen LogP contribution in [-0.2, 0) is 0 Å². The van der Waals surface area contributed by atoms with Crippen LogP contribution in [0.3, 0.4) is 0 Å². The van der Waals surface area contributed by atoms with E-state index < -0.39 is 12.2 Å². The number of rotatable bonds is 3. The molecule has 0 aliphatic carbocycles. The minimum absolute atomic E-state index is 0.0481. The van der Waals surface area contributed by atoms with E-state index in [4.69, 9.17) is 0 Å². The van der Waals surface area contributed by atoms with Gasteiger partial charge in [-0.3, -0.25) is 9.78 Å². The van der Waals surface area contributed by atoms with E-state index in [-0.39, 0.29) is 23.0 Å². The number of anilines is 1. The summed E-state index contributed by atoms with van der Waals surface area (Å²) in [4.78, 5) is 24.4. The number of nitrogens with one attached hydrogen (secondary N) is 1. The number of amides is 1. The summed E-state index contributed by atoms with van der Waals surface area (Å²) in [5.74, 6) is -0.272. The average molecular weight is 400 g/mol. The van der Waals surface area contributed by atoms with Gasteiger partial charge in [0.25, 0.3) is 5.91 Å². The molecule has 150 valence electrons. The lowest BCUT2D eigenvalue weighted by atomic mass is 10.1. The molecule has 0 saturated carbocycles. The minimum Gasteiger partial charge on any atom is -0.395 e. The van der Waals surface area contributed by atoms with Crippen LogP contribution in [0, 0.1) is 6.92 Å². The number of hydrogen-bond acceptors (Lipinski definition) is 6. The molecule has 9 heteroatoms. The number of carbonyl (C=O) groups excluding carboxylic acids is 1. The summed E-state index contributed by atoms with van der Waals surface area (Å²) in [7, 11) is 0. The predicted molar refractivity (Wildman–Crippen MR) is 102 cm³/mol. The summed E-state index contributed by atoms with van der Waals surface area (Å²) < 4.78 is 35.7. The highest BCUT2D eigenvalue weighted by Gasteiger charge is 2.44. The molecule has 0 saturated heterocycles. The number of nitrogens with zero attached hydrogens (tertiary/aromatic N) is 3. The standard InChI is InChI=1S/C18H12F2N4O3.C2H6/c1-10-15(22-8-7-21-10)17(25)24-14-6-5-11(9-23-14)12-3-2-4-13-16(12)27-18(19,20)26-13;1-2/h2-9H,1H3,(H,23,24,25);1-2H3. The Morgan fingerprint density at radius 2 is 1.79 bits per heavy atom. The highest BCUT2D eigenvalue weighted by molar-refractivity contribution is 6.03. The lowest BCUT2D eigenvalue weighted by Crippen LogP contribution is -2.26. The Bertz CT molecular complexity index is 1030. The number of halogens is 2. The van der Waals surface area contributed by atoms with E-state index >= 15 is 0 Å². The molecule has 1 aliphatic heterocycles. The van der Waals surface area contributed by atoms with Gasteiger partial charge in [-0.1, -0.05) is 26.0 Å². The van der Waals surface area contributed by atoms with Gasteiger partial charge in [0.2, 0.25) is 0 Å². The maximum absolute atomic E-state index is 13.3. The second-order valence-corrected chi connectivity index (χ2v) is 5.68. The molecule has 2 aromatic heterocycles. The number of benzene rings is 1. The number of aromatic nitrogens is 3. The fourth-order valence-corrected chi connectivity index (χ4v) is 2.63. The molecule has 3 aromatic rings. The first-order valence-electron chi connectivity index (χ1n) is 8.87. The van der Waals surface area contributed by atoms with Gasteiger partial charge in [-0.15, -0.1) is 8.78 Å². The van der Waals surface area contributed by atoms with E-state index in [9.17, 15) is 13.6 Å². The Kier molecular flexibility index (Phi) is 5.67. The van der Waals surface area contributed by atoms with Gasteiger partial charge < -0.3 is 14.8 Å². The SMILES string of the molecule is CC.Cc1nccnc1C(=O)Nc1ccc(-c2cccc3c2OC(F)(F)O3)cn1. The van der Waals surface area contributed by atoms with Gasteiger partial charge in [0, 0.05) is 29.7 Å². The normalized spacial score (nSPS) is 13.3. The number of pyridine rings is 1. The molecule has 1 amide bonds. The van der Waals surface area contributed by atoms with Crippen LogP contribution in [0.4, 0.5) is 14.6 Å². The monoisotopic (exact) mass is 400 g/mol. The van der Waals surface area contributed by atoms with Crippen LogP contribution in [0.25, 0.3) is 11.1 Å². The zero-order valence-electron chi connectivity index (χ0n) is 15.9. The Balaban J connectivity index is 0.00000117.